The molecule has 1 N–H and O–H groups in total. The smallest absolute Gasteiger partial charge is 0.243 e. The van der Waals surface area contributed by atoms with Crippen LogP contribution in [0.25, 0.3) is 0 Å². The van der Waals surface area contributed by atoms with E-state index in [1.165, 1.54) is 0 Å². The number of benzene rings is 1. The molecule has 0 saturated carbocycles. The van der Waals surface area contributed by atoms with Gasteiger partial charge >= 0.3 is 0 Å². The Bertz CT molecular complexity index is 489. The highest BCUT2D eigenvalue weighted by Gasteiger charge is 2.23. The fourth-order valence-corrected chi connectivity index (χ4v) is 1.81. The van der Waals surface area contributed by atoms with Crippen molar-refractivity contribution >= 4 is 0 Å². The van der Waals surface area contributed by atoms with Crippen LogP contribution in [0.4, 0.5) is 0 Å². The van der Waals surface area contributed by atoms with Crippen LogP contribution in [0.1, 0.15) is 22.9 Å². The van der Waals surface area contributed by atoms with Crippen molar-refractivity contribution in [1.29, 1.82) is 0 Å². The maximum Gasteiger partial charge on any atom is 0.243 e. The van der Waals surface area contributed by atoms with E-state index in [2.05, 4.69) is 4.98 Å². The number of aromatic nitrogens is 1. The van der Waals surface area contributed by atoms with E-state index >= 15 is 0 Å². The van der Waals surface area contributed by atoms with Crippen LogP contribution in [-0.4, -0.2) is 9.91 Å². The van der Waals surface area contributed by atoms with E-state index < -0.39 is 6.04 Å². The van der Waals surface area contributed by atoms with E-state index in [1.807, 2.05) is 43.3 Å². The molecule has 0 aliphatic rings. The number of rotatable bonds is 4. The summed E-state index contributed by atoms with van der Waals surface area (Å²) >= 11 is 0. The van der Waals surface area contributed by atoms with Gasteiger partial charge in [0.05, 0.1) is 6.42 Å². The quantitative estimate of drug-likeness (QED) is 0.648. The number of aromatic amines is 1. The summed E-state index contributed by atoms with van der Waals surface area (Å²) in [4.78, 5) is 13.9. The van der Waals surface area contributed by atoms with Gasteiger partial charge in [-0.3, -0.25) is 10.1 Å². The Kier molecular flexibility index (Phi) is 3.23. The Morgan fingerprint density at radius 1 is 1.29 bits per heavy atom. The van der Waals surface area contributed by atoms with Crippen molar-refractivity contribution in [2.24, 2.45) is 0 Å². The Morgan fingerprint density at radius 2 is 2.00 bits per heavy atom. The molecule has 0 amide bonds. The van der Waals surface area contributed by atoms with Gasteiger partial charge < -0.3 is 4.98 Å². The van der Waals surface area contributed by atoms with Crippen molar-refractivity contribution in [3.05, 3.63) is 69.5 Å². The van der Waals surface area contributed by atoms with E-state index in [0.29, 0.717) is 6.42 Å². The van der Waals surface area contributed by atoms with Crippen LogP contribution in [0.15, 0.2) is 42.6 Å². The lowest BCUT2D eigenvalue weighted by Crippen LogP contribution is -2.13. The second-order valence-corrected chi connectivity index (χ2v) is 4.11. The van der Waals surface area contributed by atoms with E-state index in [4.69, 9.17) is 0 Å². The first-order valence-electron chi connectivity index (χ1n) is 5.49. The van der Waals surface area contributed by atoms with Crippen LogP contribution in [0.3, 0.4) is 0 Å². The predicted molar refractivity (Wildman–Crippen MR) is 65.4 cm³/mol. The number of nitrogens with one attached hydrogen (secondary N) is 1. The van der Waals surface area contributed by atoms with Gasteiger partial charge in [-0.05, 0) is 19.1 Å². The Balaban J connectivity index is 2.23. The number of aryl methyl sites for hydroxylation is 1. The molecule has 88 valence electrons. The summed E-state index contributed by atoms with van der Waals surface area (Å²) in [5.41, 5.74) is 2.73. The van der Waals surface area contributed by atoms with Crippen LogP contribution in [0.2, 0.25) is 0 Å². The normalized spacial score (nSPS) is 12.3. The van der Waals surface area contributed by atoms with Crippen LogP contribution >= 0.6 is 0 Å². The molecule has 0 spiro atoms. The monoisotopic (exact) mass is 230 g/mol. The number of hydrogen-bond acceptors (Lipinski definition) is 2. The zero-order valence-corrected chi connectivity index (χ0v) is 9.59. The summed E-state index contributed by atoms with van der Waals surface area (Å²) in [5, 5.41) is 11.1. The predicted octanol–water partition coefficient (Wildman–Crippen LogP) is 2.88. The lowest BCUT2D eigenvalue weighted by Gasteiger charge is -2.09. The molecule has 4 heteroatoms. The average molecular weight is 230 g/mol. The minimum absolute atomic E-state index is 0.231. The van der Waals surface area contributed by atoms with Crippen LogP contribution in [0.5, 0.6) is 0 Å². The minimum atomic E-state index is -0.686. The van der Waals surface area contributed by atoms with Gasteiger partial charge in [0.15, 0.2) is 0 Å². The van der Waals surface area contributed by atoms with Gasteiger partial charge in [-0.25, -0.2) is 0 Å². The molecule has 2 rings (SSSR count). The molecular weight excluding hydrogens is 216 g/mol. The summed E-state index contributed by atoms with van der Waals surface area (Å²) in [7, 11) is 0. The summed E-state index contributed by atoms with van der Waals surface area (Å²) in [6.45, 7) is 1.97. The molecular formula is C13H14N2O2. The first-order valence-corrected chi connectivity index (χ1v) is 5.49. The molecule has 17 heavy (non-hydrogen) atoms. The van der Waals surface area contributed by atoms with Gasteiger partial charge in [-0.1, -0.05) is 29.8 Å². The molecule has 1 aromatic carbocycles. The second kappa shape index (κ2) is 4.82. The third kappa shape index (κ3) is 2.72. The number of nitrogens with zero attached hydrogens (tertiary/aromatic N) is 1. The van der Waals surface area contributed by atoms with Crippen molar-refractivity contribution in [3.63, 3.8) is 0 Å². The fourth-order valence-electron chi connectivity index (χ4n) is 1.81. The largest absolute Gasteiger partial charge is 0.365 e. The van der Waals surface area contributed by atoms with Crippen LogP contribution < -0.4 is 0 Å². The lowest BCUT2D eigenvalue weighted by molar-refractivity contribution is -0.528. The number of hydrogen-bond donors (Lipinski definition) is 1. The molecule has 0 radical (unpaired) electrons. The third-order valence-electron chi connectivity index (χ3n) is 2.79. The van der Waals surface area contributed by atoms with E-state index in [0.717, 1.165) is 16.8 Å². The summed E-state index contributed by atoms with van der Waals surface area (Å²) in [5.74, 6) is 0. The highest BCUT2D eigenvalue weighted by atomic mass is 16.6. The Morgan fingerprint density at radius 3 is 2.53 bits per heavy atom. The first kappa shape index (κ1) is 11.4. The topological polar surface area (TPSA) is 58.9 Å². The highest BCUT2D eigenvalue weighted by Crippen LogP contribution is 2.21. The standard InChI is InChI=1S/C13H14N2O2/c1-10-4-6-11(7-5-10)13(15(16)17)9-12-3-2-8-14-12/h2-8,13-14H,9H2,1H3. The van der Waals surface area contributed by atoms with E-state index in [-0.39, 0.29) is 4.92 Å². The molecule has 1 heterocycles. The Labute approximate surface area is 99.4 Å². The zero-order chi connectivity index (χ0) is 12.3. The molecule has 0 bridgehead atoms. The minimum Gasteiger partial charge on any atom is -0.365 e. The van der Waals surface area contributed by atoms with Crippen LogP contribution in [0, 0.1) is 17.0 Å². The van der Waals surface area contributed by atoms with Crippen LogP contribution in [-0.2, 0) is 6.42 Å². The van der Waals surface area contributed by atoms with Gasteiger partial charge in [-0.2, -0.15) is 0 Å². The molecule has 0 aliphatic heterocycles. The van der Waals surface area contributed by atoms with Gasteiger partial charge in [0.1, 0.15) is 0 Å². The highest BCUT2D eigenvalue weighted by molar-refractivity contribution is 5.24. The van der Waals surface area contributed by atoms with Crippen molar-refractivity contribution in [2.45, 2.75) is 19.4 Å². The fraction of sp³-hybridized carbons (Fsp3) is 0.231. The third-order valence-corrected chi connectivity index (χ3v) is 2.79. The maximum absolute atomic E-state index is 11.1. The molecule has 1 aromatic heterocycles. The Hall–Kier alpha value is -2.10. The molecule has 1 atom stereocenters. The van der Waals surface area contributed by atoms with Gasteiger partial charge in [0.25, 0.3) is 0 Å². The van der Waals surface area contributed by atoms with Gasteiger partial charge in [-0.15, -0.1) is 0 Å². The summed E-state index contributed by atoms with van der Waals surface area (Å²) < 4.78 is 0. The van der Waals surface area contributed by atoms with Gasteiger partial charge in [0.2, 0.25) is 6.04 Å². The number of nitro groups is 1. The summed E-state index contributed by atoms with van der Waals surface area (Å²) in [6.07, 6.45) is 2.17. The SMILES string of the molecule is Cc1ccc(C(Cc2ccc[nH]2)[N+](=O)[O-])cc1. The van der Waals surface area contributed by atoms with Crippen molar-refractivity contribution < 1.29 is 4.92 Å². The molecule has 1 unspecified atom stereocenters. The molecule has 0 saturated heterocycles. The summed E-state index contributed by atoms with van der Waals surface area (Å²) in [6, 6.07) is 10.5. The first-order chi connectivity index (χ1) is 8.16. The second-order valence-electron chi connectivity index (χ2n) is 4.11. The van der Waals surface area contributed by atoms with Gasteiger partial charge in [0, 0.05) is 22.4 Å². The van der Waals surface area contributed by atoms with E-state index in [9.17, 15) is 10.1 Å². The molecule has 0 fully saturated rings. The maximum atomic E-state index is 11.1. The average Bonchev–Trinajstić information content (AvgIpc) is 2.80. The van der Waals surface area contributed by atoms with Crippen molar-refractivity contribution in [2.75, 3.05) is 0 Å². The zero-order valence-electron chi connectivity index (χ0n) is 9.59. The lowest BCUT2D eigenvalue weighted by atomic mass is 10.0. The molecule has 4 nitrogen and oxygen atoms in total. The van der Waals surface area contributed by atoms with Crippen molar-refractivity contribution in [1.82, 2.24) is 4.98 Å². The van der Waals surface area contributed by atoms with E-state index in [1.54, 1.807) is 6.20 Å². The van der Waals surface area contributed by atoms with Crippen molar-refractivity contribution in [3.8, 4) is 0 Å². The molecule has 0 aliphatic carbocycles. The molecule has 2 aromatic rings. The number of H-pyrrole nitrogens is 1.